The molecule has 0 aromatic heterocycles. The first-order chi connectivity index (χ1) is 11.4. The van der Waals surface area contributed by atoms with Crippen LogP contribution in [0.2, 0.25) is 0 Å². The van der Waals surface area contributed by atoms with Gasteiger partial charge in [0.2, 0.25) is 0 Å². The largest absolute Gasteiger partial charge is 0.444 e. The second-order valence-electron chi connectivity index (χ2n) is 8.89. The van der Waals surface area contributed by atoms with Gasteiger partial charge in [0.15, 0.2) is 0 Å². The molecule has 0 saturated carbocycles. The first kappa shape index (κ1) is 21.5. The lowest BCUT2D eigenvalue weighted by Gasteiger charge is -2.37. The lowest BCUT2D eigenvalue weighted by molar-refractivity contribution is 0.00638. The fourth-order valence-electron chi connectivity index (χ4n) is 2.75. The van der Waals surface area contributed by atoms with Crippen molar-refractivity contribution in [1.82, 2.24) is 10.2 Å². The topological polar surface area (TPSA) is 41.6 Å². The quantitative estimate of drug-likeness (QED) is 0.786. The number of ether oxygens (including phenoxy) is 1. The van der Waals surface area contributed by atoms with Crippen LogP contribution in [0.4, 0.5) is 4.79 Å². The predicted octanol–water partition coefficient (Wildman–Crippen LogP) is 5.01. The predicted molar refractivity (Wildman–Crippen MR) is 105 cm³/mol. The molecule has 0 aliphatic rings. The maximum atomic E-state index is 12.6. The maximum Gasteiger partial charge on any atom is 0.410 e. The molecule has 1 amide bonds. The van der Waals surface area contributed by atoms with E-state index in [1.54, 1.807) is 4.90 Å². The molecule has 0 fully saturated rings. The van der Waals surface area contributed by atoms with Crippen molar-refractivity contribution in [3.05, 3.63) is 35.9 Å². The van der Waals surface area contributed by atoms with Gasteiger partial charge in [-0.1, -0.05) is 44.2 Å². The molecule has 0 bridgehead atoms. The number of carbonyl (C=O) groups is 1. The zero-order valence-corrected chi connectivity index (χ0v) is 17.2. The number of hydrogen-bond acceptors (Lipinski definition) is 3. The van der Waals surface area contributed by atoms with Gasteiger partial charge in [0.05, 0.1) is 0 Å². The second kappa shape index (κ2) is 8.70. The Morgan fingerprint density at radius 2 is 1.64 bits per heavy atom. The number of nitrogens with one attached hydrogen (secondary N) is 1. The Morgan fingerprint density at radius 3 is 2.08 bits per heavy atom. The van der Waals surface area contributed by atoms with Gasteiger partial charge in [-0.05, 0) is 53.0 Å². The van der Waals surface area contributed by atoms with Crippen LogP contribution in [-0.4, -0.2) is 35.2 Å². The zero-order chi connectivity index (χ0) is 19.3. The average Bonchev–Trinajstić information content (AvgIpc) is 2.44. The molecule has 1 unspecified atom stereocenters. The fourth-order valence-corrected chi connectivity index (χ4v) is 2.75. The Hall–Kier alpha value is -1.55. The van der Waals surface area contributed by atoms with E-state index in [1.807, 2.05) is 47.6 Å². The van der Waals surface area contributed by atoms with Crippen LogP contribution in [-0.2, 0) is 4.74 Å². The summed E-state index contributed by atoms with van der Waals surface area (Å²) in [7, 11) is 0. The van der Waals surface area contributed by atoms with Gasteiger partial charge in [-0.3, -0.25) is 0 Å². The zero-order valence-electron chi connectivity index (χ0n) is 17.2. The minimum Gasteiger partial charge on any atom is -0.444 e. The van der Waals surface area contributed by atoms with Crippen LogP contribution in [0.5, 0.6) is 0 Å². The minimum atomic E-state index is -0.488. The van der Waals surface area contributed by atoms with Gasteiger partial charge < -0.3 is 15.0 Å². The molecule has 4 nitrogen and oxygen atoms in total. The molecule has 0 radical (unpaired) electrons. The number of rotatable bonds is 6. The van der Waals surface area contributed by atoms with E-state index in [0.717, 1.165) is 0 Å². The van der Waals surface area contributed by atoms with Crippen LogP contribution in [0.15, 0.2) is 30.3 Å². The molecular formula is C21H36N2O2. The Kier molecular flexibility index (Phi) is 7.48. The molecule has 0 heterocycles. The van der Waals surface area contributed by atoms with Crippen molar-refractivity contribution in [3.8, 4) is 0 Å². The van der Waals surface area contributed by atoms with Crippen LogP contribution in [0.3, 0.4) is 0 Å². The summed E-state index contributed by atoms with van der Waals surface area (Å²) in [6.45, 7) is 17.5. The Balaban J connectivity index is 2.74. The number of benzene rings is 1. The molecule has 0 aliphatic heterocycles. The van der Waals surface area contributed by atoms with Gasteiger partial charge in [0, 0.05) is 24.7 Å². The van der Waals surface area contributed by atoms with Crippen LogP contribution >= 0.6 is 0 Å². The molecule has 4 heteroatoms. The number of hydrogen-bond donors (Lipinski definition) is 1. The summed E-state index contributed by atoms with van der Waals surface area (Å²) in [5.74, 6) is 0.465. The third-order valence-electron chi connectivity index (χ3n) is 3.95. The Morgan fingerprint density at radius 1 is 1.08 bits per heavy atom. The lowest BCUT2D eigenvalue weighted by Crippen LogP contribution is -2.50. The summed E-state index contributed by atoms with van der Waals surface area (Å²) in [6.07, 6.45) is -0.261. The molecule has 0 aliphatic carbocycles. The highest BCUT2D eigenvalue weighted by atomic mass is 16.6. The monoisotopic (exact) mass is 348 g/mol. The summed E-state index contributed by atoms with van der Waals surface area (Å²) in [5, 5.41) is 3.61. The molecular weight excluding hydrogens is 312 g/mol. The smallest absolute Gasteiger partial charge is 0.410 e. The number of amides is 1. The molecule has 1 rings (SSSR count). The van der Waals surface area contributed by atoms with Crippen molar-refractivity contribution < 1.29 is 9.53 Å². The van der Waals surface area contributed by atoms with E-state index in [9.17, 15) is 4.79 Å². The highest BCUT2D eigenvalue weighted by Crippen LogP contribution is 2.22. The van der Waals surface area contributed by atoms with Gasteiger partial charge in [0.1, 0.15) is 5.60 Å². The van der Waals surface area contributed by atoms with Gasteiger partial charge in [-0.25, -0.2) is 4.79 Å². The van der Waals surface area contributed by atoms with Crippen molar-refractivity contribution in [1.29, 1.82) is 0 Å². The van der Waals surface area contributed by atoms with E-state index in [1.165, 1.54) is 5.56 Å². The average molecular weight is 349 g/mol. The molecule has 1 atom stereocenters. The molecule has 0 spiro atoms. The van der Waals surface area contributed by atoms with Crippen LogP contribution < -0.4 is 5.32 Å². The third kappa shape index (κ3) is 7.47. The second-order valence-corrected chi connectivity index (χ2v) is 8.89. The standard InChI is InChI=1S/C21H36N2O2/c1-16(2)18(17-12-10-9-11-13-17)22-14-15-23(20(3,4)5)19(24)25-21(6,7)8/h9-13,16,18,22H,14-15H2,1-8H3. The first-order valence-electron chi connectivity index (χ1n) is 9.21. The third-order valence-corrected chi connectivity index (χ3v) is 3.95. The summed E-state index contributed by atoms with van der Waals surface area (Å²) < 4.78 is 5.58. The van der Waals surface area contributed by atoms with Crippen LogP contribution in [0.25, 0.3) is 0 Å². The van der Waals surface area contributed by atoms with Crippen molar-refractivity contribution in [3.63, 3.8) is 0 Å². The van der Waals surface area contributed by atoms with E-state index in [2.05, 4.69) is 43.4 Å². The van der Waals surface area contributed by atoms with E-state index < -0.39 is 5.60 Å². The van der Waals surface area contributed by atoms with E-state index in [4.69, 9.17) is 4.74 Å². The van der Waals surface area contributed by atoms with Gasteiger partial charge in [-0.15, -0.1) is 0 Å². The normalized spacial score (nSPS) is 13.6. The summed E-state index contributed by atoms with van der Waals surface area (Å²) in [4.78, 5) is 14.4. The molecule has 0 saturated heterocycles. The van der Waals surface area contributed by atoms with Crippen molar-refractivity contribution in [2.75, 3.05) is 13.1 Å². The Labute approximate surface area is 153 Å². The SMILES string of the molecule is CC(C)C(NCCN(C(=O)OC(C)(C)C)C(C)(C)C)c1ccccc1. The Bertz CT molecular complexity index is 527. The van der Waals surface area contributed by atoms with Crippen molar-refractivity contribution >= 4 is 6.09 Å². The maximum absolute atomic E-state index is 12.6. The lowest BCUT2D eigenvalue weighted by atomic mass is 9.96. The van der Waals surface area contributed by atoms with Crippen LogP contribution in [0, 0.1) is 5.92 Å². The van der Waals surface area contributed by atoms with Crippen molar-refractivity contribution in [2.24, 2.45) is 5.92 Å². The highest BCUT2D eigenvalue weighted by molar-refractivity contribution is 5.69. The number of carbonyl (C=O) groups excluding carboxylic acids is 1. The van der Waals surface area contributed by atoms with Crippen molar-refractivity contribution in [2.45, 2.75) is 72.6 Å². The van der Waals surface area contributed by atoms with Gasteiger partial charge in [0.25, 0.3) is 0 Å². The highest BCUT2D eigenvalue weighted by Gasteiger charge is 2.30. The summed E-state index contributed by atoms with van der Waals surface area (Å²) in [6, 6.07) is 10.7. The fraction of sp³-hybridized carbons (Fsp3) is 0.667. The molecule has 25 heavy (non-hydrogen) atoms. The summed E-state index contributed by atoms with van der Waals surface area (Å²) in [5.41, 5.74) is 0.500. The van der Waals surface area contributed by atoms with Gasteiger partial charge >= 0.3 is 6.09 Å². The summed E-state index contributed by atoms with van der Waals surface area (Å²) >= 11 is 0. The molecule has 1 aromatic carbocycles. The molecule has 1 N–H and O–H groups in total. The van der Waals surface area contributed by atoms with E-state index in [-0.39, 0.29) is 17.7 Å². The van der Waals surface area contributed by atoms with E-state index >= 15 is 0 Å². The van der Waals surface area contributed by atoms with Gasteiger partial charge in [-0.2, -0.15) is 0 Å². The number of nitrogens with zero attached hydrogens (tertiary/aromatic N) is 1. The minimum absolute atomic E-state index is 0.261. The molecule has 142 valence electrons. The molecule has 1 aromatic rings. The van der Waals surface area contributed by atoms with E-state index in [0.29, 0.717) is 19.0 Å². The first-order valence-corrected chi connectivity index (χ1v) is 9.21. The van der Waals surface area contributed by atoms with Crippen LogP contribution in [0.1, 0.15) is 67.0 Å².